The summed E-state index contributed by atoms with van der Waals surface area (Å²) in [5.41, 5.74) is 7.53. The molecule has 3 rings (SSSR count). The van der Waals surface area contributed by atoms with Gasteiger partial charge in [0.25, 0.3) is 0 Å². The van der Waals surface area contributed by atoms with Gasteiger partial charge in [-0.05, 0) is 25.0 Å². The summed E-state index contributed by atoms with van der Waals surface area (Å²) in [5.74, 6) is 0.131. The van der Waals surface area contributed by atoms with Crippen molar-refractivity contribution in [1.82, 2.24) is 14.9 Å². The SMILES string of the molecule is NCC1CCCN1C(=O)Cc1csc(-c2cccnc2)n1. The Kier molecular flexibility index (Phi) is 4.26. The third kappa shape index (κ3) is 3.11. The topological polar surface area (TPSA) is 72.1 Å². The van der Waals surface area contributed by atoms with Crippen LogP contribution in [0.2, 0.25) is 0 Å². The van der Waals surface area contributed by atoms with Crippen LogP contribution >= 0.6 is 11.3 Å². The first-order valence-corrected chi connectivity index (χ1v) is 8.00. The van der Waals surface area contributed by atoms with Gasteiger partial charge in [0.2, 0.25) is 5.91 Å². The first kappa shape index (κ1) is 14.2. The van der Waals surface area contributed by atoms with Crippen LogP contribution in [0, 0.1) is 0 Å². The zero-order chi connectivity index (χ0) is 14.7. The average Bonchev–Trinajstić information content (AvgIpc) is 3.16. The zero-order valence-electron chi connectivity index (χ0n) is 11.7. The molecular formula is C15H18N4OS. The highest BCUT2D eigenvalue weighted by atomic mass is 32.1. The number of hydrogen-bond donors (Lipinski definition) is 1. The molecule has 2 N–H and O–H groups in total. The van der Waals surface area contributed by atoms with E-state index in [2.05, 4.69) is 9.97 Å². The van der Waals surface area contributed by atoms with Crippen molar-refractivity contribution in [2.45, 2.75) is 25.3 Å². The van der Waals surface area contributed by atoms with Crippen LogP contribution < -0.4 is 5.73 Å². The van der Waals surface area contributed by atoms with Gasteiger partial charge in [0, 0.05) is 42.5 Å². The van der Waals surface area contributed by atoms with Gasteiger partial charge in [0.1, 0.15) is 5.01 Å². The molecule has 2 aromatic heterocycles. The number of nitrogens with two attached hydrogens (primary N) is 1. The molecule has 0 aliphatic carbocycles. The molecule has 110 valence electrons. The molecule has 21 heavy (non-hydrogen) atoms. The Morgan fingerprint density at radius 1 is 1.52 bits per heavy atom. The van der Waals surface area contributed by atoms with Crippen LogP contribution in [0.3, 0.4) is 0 Å². The summed E-state index contributed by atoms with van der Waals surface area (Å²) >= 11 is 1.55. The highest BCUT2D eigenvalue weighted by Gasteiger charge is 2.27. The fraction of sp³-hybridized carbons (Fsp3) is 0.400. The molecule has 2 aromatic rings. The largest absolute Gasteiger partial charge is 0.338 e. The summed E-state index contributed by atoms with van der Waals surface area (Å²) in [6, 6.07) is 4.06. The Labute approximate surface area is 127 Å². The van der Waals surface area contributed by atoms with Gasteiger partial charge in [0.15, 0.2) is 0 Å². The van der Waals surface area contributed by atoms with Crippen molar-refractivity contribution in [3.63, 3.8) is 0 Å². The minimum atomic E-state index is 0.131. The summed E-state index contributed by atoms with van der Waals surface area (Å²) < 4.78 is 0. The summed E-state index contributed by atoms with van der Waals surface area (Å²) in [6.45, 7) is 1.37. The lowest BCUT2D eigenvalue weighted by atomic mass is 10.2. The number of rotatable bonds is 4. The van der Waals surface area contributed by atoms with Crippen LogP contribution in [0.4, 0.5) is 0 Å². The van der Waals surface area contributed by atoms with Crippen LogP contribution in [0.25, 0.3) is 10.6 Å². The summed E-state index contributed by atoms with van der Waals surface area (Å²) in [5, 5.41) is 2.86. The molecule has 0 saturated carbocycles. The van der Waals surface area contributed by atoms with Crippen molar-refractivity contribution in [3.05, 3.63) is 35.6 Å². The van der Waals surface area contributed by atoms with Gasteiger partial charge in [0.05, 0.1) is 12.1 Å². The number of hydrogen-bond acceptors (Lipinski definition) is 5. The molecule has 1 aliphatic heterocycles. The molecule has 1 atom stereocenters. The third-order valence-electron chi connectivity index (χ3n) is 3.76. The van der Waals surface area contributed by atoms with E-state index in [4.69, 9.17) is 5.73 Å². The molecule has 6 heteroatoms. The Bertz CT molecular complexity index is 613. The van der Waals surface area contributed by atoms with Crippen molar-refractivity contribution < 1.29 is 4.79 Å². The molecule has 1 aliphatic rings. The second-order valence-electron chi connectivity index (χ2n) is 5.18. The molecule has 5 nitrogen and oxygen atoms in total. The number of pyridine rings is 1. The Balaban J connectivity index is 1.69. The van der Waals surface area contributed by atoms with Gasteiger partial charge in [-0.1, -0.05) is 0 Å². The monoisotopic (exact) mass is 302 g/mol. The van der Waals surface area contributed by atoms with E-state index in [-0.39, 0.29) is 11.9 Å². The van der Waals surface area contributed by atoms with Crippen LogP contribution in [0.5, 0.6) is 0 Å². The number of nitrogens with zero attached hydrogens (tertiary/aromatic N) is 3. The van der Waals surface area contributed by atoms with E-state index >= 15 is 0 Å². The normalized spacial score (nSPS) is 18.1. The lowest BCUT2D eigenvalue weighted by Crippen LogP contribution is -2.40. The lowest BCUT2D eigenvalue weighted by molar-refractivity contribution is -0.131. The maximum atomic E-state index is 12.4. The molecular weight excluding hydrogens is 284 g/mol. The van der Waals surface area contributed by atoms with Crippen molar-refractivity contribution >= 4 is 17.2 Å². The maximum absolute atomic E-state index is 12.4. The highest BCUT2D eigenvalue weighted by molar-refractivity contribution is 7.13. The van der Waals surface area contributed by atoms with E-state index in [1.54, 1.807) is 23.7 Å². The minimum absolute atomic E-state index is 0.131. The fourth-order valence-corrected chi connectivity index (χ4v) is 3.49. The number of likely N-dealkylation sites (tertiary alicyclic amines) is 1. The van der Waals surface area contributed by atoms with E-state index < -0.39 is 0 Å². The maximum Gasteiger partial charge on any atom is 0.228 e. The second kappa shape index (κ2) is 6.32. The molecule has 3 heterocycles. The van der Waals surface area contributed by atoms with Crippen molar-refractivity contribution in [3.8, 4) is 10.6 Å². The van der Waals surface area contributed by atoms with E-state index in [1.807, 2.05) is 22.4 Å². The Hall–Kier alpha value is -1.79. The average molecular weight is 302 g/mol. The number of carbonyl (C=O) groups is 1. The number of thiazole rings is 1. The van der Waals surface area contributed by atoms with E-state index in [0.29, 0.717) is 13.0 Å². The Morgan fingerprint density at radius 3 is 3.19 bits per heavy atom. The predicted molar refractivity (Wildman–Crippen MR) is 82.8 cm³/mol. The third-order valence-corrected chi connectivity index (χ3v) is 4.70. The van der Waals surface area contributed by atoms with Crippen molar-refractivity contribution in [2.75, 3.05) is 13.1 Å². The predicted octanol–water partition coefficient (Wildman–Crippen LogP) is 1.70. The van der Waals surface area contributed by atoms with Gasteiger partial charge >= 0.3 is 0 Å². The first-order valence-electron chi connectivity index (χ1n) is 7.12. The van der Waals surface area contributed by atoms with E-state index in [0.717, 1.165) is 35.7 Å². The van der Waals surface area contributed by atoms with Gasteiger partial charge in [-0.2, -0.15) is 0 Å². The number of carbonyl (C=O) groups excluding carboxylic acids is 1. The van der Waals surface area contributed by atoms with Gasteiger partial charge in [-0.15, -0.1) is 11.3 Å². The standard InChI is InChI=1S/C15H18N4OS/c16-8-13-4-2-6-19(13)14(20)7-12-10-21-15(18-12)11-3-1-5-17-9-11/h1,3,5,9-10,13H,2,4,6-8,16H2. The molecule has 0 spiro atoms. The van der Waals surface area contributed by atoms with Crippen LogP contribution in [0.15, 0.2) is 29.9 Å². The molecule has 1 saturated heterocycles. The van der Waals surface area contributed by atoms with Crippen LogP contribution in [0.1, 0.15) is 18.5 Å². The number of amides is 1. The van der Waals surface area contributed by atoms with Gasteiger partial charge in [-0.25, -0.2) is 4.98 Å². The zero-order valence-corrected chi connectivity index (χ0v) is 12.6. The number of aromatic nitrogens is 2. The summed E-state index contributed by atoms with van der Waals surface area (Å²) in [7, 11) is 0. The smallest absolute Gasteiger partial charge is 0.228 e. The minimum Gasteiger partial charge on any atom is -0.338 e. The quantitative estimate of drug-likeness (QED) is 0.933. The lowest BCUT2D eigenvalue weighted by Gasteiger charge is -2.23. The van der Waals surface area contributed by atoms with Crippen molar-refractivity contribution in [1.29, 1.82) is 0 Å². The van der Waals surface area contributed by atoms with Gasteiger partial charge in [-0.3, -0.25) is 9.78 Å². The fourth-order valence-electron chi connectivity index (χ4n) is 2.68. The van der Waals surface area contributed by atoms with Crippen LogP contribution in [-0.2, 0) is 11.2 Å². The van der Waals surface area contributed by atoms with Crippen LogP contribution in [-0.4, -0.2) is 39.9 Å². The Morgan fingerprint density at radius 2 is 2.43 bits per heavy atom. The second-order valence-corrected chi connectivity index (χ2v) is 6.04. The summed E-state index contributed by atoms with van der Waals surface area (Å²) in [4.78, 5) is 22.9. The van der Waals surface area contributed by atoms with Crippen molar-refractivity contribution in [2.24, 2.45) is 5.73 Å². The molecule has 0 aromatic carbocycles. The molecule has 0 bridgehead atoms. The first-order chi connectivity index (χ1) is 10.3. The molecule has 1 unspecified atom stereocenters. The molecule has 1 amide bonds. The van der Waals surface area contributed by atoms with E-state index in [1.165, 1.54) is 0 Å². The van der Waals surface area contributed by atoms with Gasteiger partial charge < -0.3 is 10.6 Å². The van der Waals surface area contributed by atoms with E-state index in [9.17, 15) is 4.79 Å². The molecule has 0 radical (unpaired) electrons. The highest BCUT2D eigenvalue weighted by Crippen LogP contribution is 2.24. The summed E-state index contributed by atoms with van der Waals surface area (Å²) in [6.07, 6.45) is 5.94. The molecule has 1 fully saturated rings.